The molecular formula is C30H30N4O6. The number of ether oxygens (including phenoxy) is 2. The Morgan fingerprint density at radius 1 is 0.725 bits per heavy atom. The van der Waals surface area contributed by atoms with Crippen molar-refractivity contribution in [1.82, 2.24) is 20.9 Å². The third kappa shape index (κ3) is 8.45. The molecule has 4 rings (SSSR count). The minimum absolute atomic E-state index is 0.0386. The van der Waals surface area contributed by atoms with E-state index in [4.69, 9.17) is 9.47 Å². The SMILES string of the molecule is O=C(CNC(=O)C(Cc1c[nH]c2ccccc12)NC(=O)OCc1ccccc1)NCC(=O)OCc1ccccc1. The summed E-state index contributed by atoms with van der Waals surface area (Å²) in [5.74, 6) is -1.77. The molecule has 1 unspecified atom stereocenters. The van der Waals surface area contributed by atoms with Crippen molar-refractivity contribution in [2.45, 2.75) is 25.7 Å². The van der Waals surface area contributed by atoms with Crippen molar-refractivity contribution in [1.29, 1.82) is 0 Å². The summed E-state index contributed by atoms with van der Waals surface area (Å²) in [5, 5.41) is 8.45. The maximum absolute atomic E-state index is 13.1. The van der Waals surface area contributed by atoms with Crippen LogP contribution in [0.2, 0.25) is 0 Å². The van der Waals surface area contributed by atoms with Crippen molar-refractivity contribution in [2.75, 3.05) is 13.1 Å². The second kappa shape index (κ2) is 14.1. The van der Waals surface area contributed by atoms with Crippen molar-refractivity contribution in [3.63, 3.8) is 0 Å². The third-order valence-electron chi connectivity index (χ3n) is 6.02. The molecular weight excluding hydrogens is 512 g/mol. The van der Waals surface area contributed by atoms with E-state index in [-0.39, 0.29) is 26.2 Å². The van der Waals surface area contributed by atoms with Gasteiger partial charge in [-0.25, -0.2) is 4.79 Å². The molecule has 0 radical (unpaired) electrons. The van der Waals surface area contributed by atoms with E-state index in [2.05, 4.69) is 20.9 Å². The van der Waals surface area contributed by atoms with Gasteiger partial charge in [-0.15, -0.1) is 0 Å². The summed E-state index contributed by atoms with van der Waals surface area (Å²) in [4.78, 5) is 53.0. The smallest absolute Gasteiger partial charge is 0.408 e. The van der Waals surface area contributed by atoms with Gasteiger partial charge in [0.1, 0.15) is 25.8 Å². The molecule has 3 amide bonds. The maximum atomic E-state index is 13.1. The van der Waals surface area contributed by atoms with Crippen molar-refractivity contribution in [3.05, 3.63) is 108 Å². The molecule has 1 aromatic heterocycles. The van der Waals surface area contributed by atoms with Gasteiger partial charge in [-0.05, 0) is 22.8 Å². The number of aromatic nitrogens is 1. The molecule has 0 bridgehead atoms. The van der Waals surface area contributed by atoms with Crippen molar-refractivity contribution in [3.8, 4) is 0 Å². The highest BCUT2D eigenvalue weighted by Gasteiger charge is 2.24. The predicted octanol–water partition coefficient (Wildman–Crippen LogP) is 2.98. The first-order valence-electron chi connectivity index (χ1n) is 12.7. The quantitative estimate of drug-likeness (QED) is 0.203. The Kier molecular flexibility index (Phi) is 9.87. The summed E-state index contributed by atoms with van der Waals surface area (Å²) < 4.78 is 10.4. The zero-order valence-electron chi connectivity index (χ0n) is 21.7. The highest BCUT2D eigenvalue weighted by molar-refractivity contribution is 5.91. The minimum atomic E-state index is -1.02. The van der Waals surface area contributed by atoms with Gasteiger partial charge < -0.3 is 30.4 Å². The largest absolute Gasteiger partial charge is 0.460 e. The number of hydrogen-bond donors (Lipinski definition) is 4. The first-order valence-corrected chi connectivity index (χ1v) is 12.7. The lowest BCUT2D eigenvalue weighted by Gasteiger charge is -2.18. The van der Waals surface area contributed by atoms with Gasteiger partial charge in [0.25, 0.3) is 0 Å². The second-order valence-electron chi connectivity index (χ2n) is 8.96. The standard InChI is InChI=1S/C30H30N4O6/c35-27(32-18-28(36)39-19-21-9-3-1-4-10-21)17-33-29(37)26(15-23-16-31-25-14-8-7-13-24(23)25)34-30(38)40-20-22-11-5-2-6-12-22/h1-14,16,26,31H,15,17-20H2,(H,32,35)(H,33,37)(H,34,38). The first-order chi connectivity index (χ1) is 19.5. The van der Waals surface area contributed by atoms with Gasteiger partial charge in [0.2, 0.25) is 11.8 Å². The second-order valence-corrected chi connectivity index (χ2v) is 8.96. The number of carbonyl (C=O) groups is 4. The van der Waals surface area contributed by atoms with Crippen LogP contribution in [0.15, 0.2) is 91.1 Å². The van der Waals surface area contributed by atoms with Crippen molar-refractivity contribution < 1.29 is 28.7 Å². The molecule has 4 N–H and O–H groups in total. The van der Waals surface area contributed by atoms with Crippen LogP contribution >= 0.6 is 0 Å². The molecule has 10 heteroatoms. The average molecular weight is 543 g/mol. The summed E-state index contributed by atoms with van der Waals surface area (Å²) in [6.07, 6.45) is 1.16. The fourth-order valence-corrected chi connectivity index (χ4v) is 3.95. The number of para-hydroxylation sites is 1. The molecule has 0 aliphatic rings. The van der Waals surface area contributed by atoms with E-state index in [0.29, 0.717) is 0 Å². The number of fused-ring (bicyclic) bond motifs is 1. The number of H-pyrrole nitrogens is 1. The van der Waals surface area contributed by atoms with Crippen LogP contribution in [0, 0.1) is 0 Å². The minimum Gasteiger partial charge on any atom is -0.460 e. The van der Waals surface area contributed by atoms with Crippen LogP contribution in [0.25, 0.3) is 10.9 Å². The number of aromatic amines is 1. The summed E-state index contributed by atoms with van der Waals surface area (Å²) in [7, 11) is 0. The predicted molar refractivity (Wildman–Crippen MR) is 148 cm³/mol. The number of amides is 3. The molecule has 0 spiro atoms. The van der Waals surface area contributed by atoms with E-state index in [1.807, 2.05) is 84.9 Å². The van der Waals surface area contributed by atoms with Gasteiger partial charge in [0.05, 0.1) is 6.54 Å². The molecule has 206 valence electrons. The van der Waals surface area contributed by atoms with E-state index in [0.717, 1.165) is 27.6 Å². The van der Waals surface area contributed by atoms with Crippen LogP contribution in [-0.4, -0.2) is 48.0 Å². The Hall–Kier alpha value is -5.12. The molecule has 4 aromatic rings. The van der Waals surface area contributed by atoms with Gasteiger partial charge in [0, 0.05) is 23.5 Å². The van der Waals surface area contributed by atoms with E-state index in [1.165, 1.54) is 0 Å². The number of carbonyl (C=O) groups excluding carboxylic acids is 4. The van der Waals surface area contributed by atoms with Crippen LogP contribution < -0.4 is 16.0 Å². The summed E-state index contributed by atoms with van der Waals surface area (Å²) >= 11 is 0. The Balaban J connectivity index is 1.30. The number of esters is 1. The Labute approximate surface area is 231 Å². The Morgan fingerprint density at radius 3 is 2.05 bits per heavy atom. The lowest BCUT2D eigenvalue weighted by molar-refractivity contribution is -0.145. The van der Waals surface area contributed by atoms with Gasteiger partial charge >= 0.3 is 12.1 Å². The summed E-state index contributed by atoms with van der Waals surface area (Å²) in [6.45, 7) is -0.606. The van der Waals surface area contributed by atoms with E-state index in [1.54, 1.807) is 6.20 Å². The third-order valence-corrected chi connectivity index (χ3v) is 6.02. The topological polar surface area (TPSA) is 139 Å². The molecule has 40 heavy (non-hydrogen) atoms. The summed E-state index contributed by atoms with van der Waals surface area (Å²) in [5.41, 5.74) is 3.33. The average Bonchev–Trinajstić information content (AvgIpc) is 3.40. The Bertz CT molecular complexity index is 1440. The molecule has 1 heterocycles. The van der Waals surface area contributed by atoms with Crippen LogP contribution in [-0.2, 0) is 43.5 Å². The van der Waals surface area contributed by atoms with E-state index >= 15 is 0 Å². The number of rotatable bonds is 12. The highest BCUT2D eigenvalue weighted by Crippen LogP contribution is 2.19. The molecule has 0 fully saturated rings. The van der Waals surface area contributed by atoms with E-state index in [9.17, 15) is 19.2 Å². The molecule has 0 saturated carbocycles. The number of benzene rings is 3. The summed E-state index contributed by atoms with van der Waals surface area (Å²) in [6, 6.07) is 24.9. The van der Waals surface area contributed by atoms with Crippen molar-refractivity contribution in [2.24, 2.45) is 0 Å². The molecule has 3 aromatic carbocycles. The van der Waals surface area contributed by atoms with Gasteiger partial charge in [-0.1, -0.05) is 78.9 Å². The van der Waals surface area contributed by atoms with Gasteiger partial charge in [-0.2, -0.15) is 0 Å². The van der Waals surface area contributed by atoms with Crippen LogP contribution in [0.1, 0.15) is 16.7 Å². The van der Waals surface area contributed by atoms with Gasteiger partial charge in [-0.3, -0.25) is 14.4 Å². The first kappa shape index (κ1) is 27.9. The van der Waals surface area contributed by atoms with Crippen molar-refractivity contribution >= 4 is 34.8 Å². The molecule has 0 aliphatic heterocycles. The van der Waals surface area contributed by atoms with Crippen LogP contribution in [0.5, 0.6) is 0 Å². The number of alkyl carbamates (subject to hydrolysis) is 1. The van der Waals surface area contributed by atoms with Gasteiger partial charge in [0.15, 0.2) is 0 Å². The molecule has 1 atom stereocenters. The highest BCUT2D eigenvalue weighted by atomic mass is 16.5. The molecule has 0 saturated heterocycles. The number of hydrogen-bond acceptors (Lipinski definition) is 6. The van der Waals surface area contributed by atoms with E-state index < -0.39 is 36.5 Å². The fourth-order valence-electron chi connectivity index (χ4n) is 3.95. The Morgan fingerprint density at radius 2 is 1.35 bits per heavy atom. The number of nitrogens with one attached hydrogen (secondary N) is 4. The monoisotopic (exact) mass is 542 g/mol. The lowest BCUT2D eigenvalue weighted by Crippen LogP contribution is -2.50. The lowest BCUT2D eigenvalue weighted by atomic mass is 10.0. The molecule has 0 aliphatic carbocycles. The normalized spacial score (nSPS) is 11.3. The molecule has 10 nitrogen and oxygen atoms in total. The zero-order chi connectivity index (χ0) is 28.2. The maximum Gasteiger partial charge on any atom is 0.408 e. The fraction of sp³-hybridized carbons (Fsp3) is 0.200. The zero-order valence-corrected chi connectivity index (χ0v) is 21.7. The van der Waals surface area contributed by atoms with Crippen LogP contribution in [0.4, 0.5) is 4.79 Å². The van der Waals surface area contributed by atoms with Crippen LogP contribution in [0.3, 0.4) is 0 Å².